The fourth-order valence-electron chi connectivity index (χ4n) is 2.49. The van der Waals surface area contributed by atoms with E-state index in [9.17, 15) is 5.11 Å². The van der Waals surface area contributed by atoms with E-state index in [0.29, 0.717) is 0 Å². The summed E-state index contributed by atoms with van der Waals surface area (Å²) in [5.74, 6) is 0. The molecule has 3 nitrogen and oxygen atoms in total. The lowest BCUT2D eigenvalue weighted by Crippen LogP contribution is -2.53. The topological polar surface area (TPSA) is 48.0 Å². The number of hydrogen-bond acceptors (Lipinski definition) is 2. The summed E-state index contributed by atoms with van der Waals surface area (Å²) in [6.07, 6.45) is 5.37. The summed E-state index contributed by atoms with van der Waals surface area (Å²) >= 11 is 0. The van der Waals surface area contributed by atoms with Crippen LogP contribution in [0.1, 0.15) is 24.8 Å². The van der Waals surface area contributed by atoms with E-state index in [1.807, 2.05) is 6.20 Å². The van der Waals surface area contributed by atoms with Crippen molar-refractivity contribution in [1.82, 2.24) is 10.3 Å². The molecule has 0 atom stereocenters. The van der Waals surface area contributed by atoms with E-state index in [2.05, 4.69) is 34.6 Å². The van der Waals surface area contributed by atoms with Crippen molar-refractivity contribution >= 4 is 10.9 Å². The number of nitrogens with one attached hydrogen (secondary N) is 2. The maximum atomic E-state index is 9.38. The molecule has 0 unspecified atom stereocenters. The van der Waals surface area contributed by atoms with Gasteiger partial charge in [-0.3, -0.25) is 0 Å². The fraction of sp³-hybridized carbons (Fsp3) is 0.429. The lowest BCUT2D eigenvalue weighted by Gasteiger charge is -2.41. The summed E-state index contributed by atoms with van der Waals surface area (Å²) in [6.45, 7) is 1.08. The Hall–Kier alpha value is -1.32. The Balaban J connectivity index is 1.71. The quantitative estimate of drug-likeness (QED) is 0.754. The summed E-state index contributed by atoms with van der Waals surface area (Å²) in [6, 6.07) is 8.53. The molecule has 17 heavy (non-hydrogen) atoms. The molecule has 1 saturated carbocycles. The van der Waals surface area contributed by atoms with Crippen molar-refractivity contribution in [2.45, 2.75) is 31.3 Å². The first-order valence-corrected chi connectivity index (χ1v) is 6.23. The molecule has 3 N–H and O–H groups in total. The molecule has 90 valence electrons. The lowest BCUT2D eigenvalue weighted by atomic mass is 9.77. The van der Waals surface area contributed by atoms with E-state index in [1.54, 1.807) is 0 Å². The predicted molar refractivity (Wildman–Crippen MR) is 68.8 cm³/mol. The van der Waals surface area contributed by atoms with Crippen LogP contribution in [0.5, 0.6) is 0 Å². The summed E-state index contributed by atoms with van der Waals surface area (Å²) in [7, 11) is 0. The van der Waals surface area contributed by atoms with Gasteiger partial charge >= 0.3 is 0 Å². The number of fused-ring (bicyclic) bond motifs is 1. The Labute approximate surface area is 101 Å². The first kappa shape index (κ1) is 10.8. The molecular weight excluding hydrogens is 212 g/mol. The molecule has 0 saturated heterocycles. The number of aromatic amines is 1. The van der Waals surface area contributed by atoms with Crippen LogP contribution in [0.4, 0.5) is 0 Å². The van der Waals surface area contributed by atoms with Crippen LogP contribution in [-0.4, -0.2) is 22.2 Å². The zero-order chi connectivity index (χ0) is 11.7. The molecule has 0 aliphatic heterocycles. The molecule has 0 bridgehead atoms. The van der Waals surface area contributed by atoms with Crippen molar-refractivity contribution in [3.8, 4) is 0 Å². The highest BCUT2D eigenvalue weighted by Crippen LogP contribution is 2.31. The minimum Gasteiger partial charge on any atom is -0.394 e. The molecule has 0 amide bonds. The van der Waals surface area contributed by atoms with Gasteiger partial charge in [-0.1, -0.05) is 12.1 Å². The second-order valence-corrected chi connectivity index (χ2v) is 5.04. The highest BCUT2D eigenvalue weighted by atomic mass is 16.3. The summed E-state index contributed by atoms with van der Waals surface area (Å²) in [5.41, 5.74) is 2.43. The number of aliphatic hydroxyl groups is 1. The summed E-state index contributed by atoms with van der Waals surface area (Å²) < 4.78 is 0. The molecule has 3 heteroatoms. The number of aliphatic hydroxyl groups excluding tert-OH is 1. The molecule has 1 aromatic heterocycles. The number of aromatic nitrogens is 1. The second-order valence-electron chi connectivity index (χ2n) is 5.04. The van der Waals surface area contributed by atoms with Gasteiger partial charge in [-0.05, 0) is 42.3 Å². The fourth-order valence-corrected chi connectivity index (χ4v) is 2.49. The largest absolute Gasteiger partial charge is 0.394 e. The summed E-state index contributed by atoms with van der Waals surface area (Å²) in [4.78, 5) is 3.22. The molecule has 2 aromatic rings. The molecular formula is C14H18N2O. The van der Waals surface area contributed by atoms with Crippen LogP contribution >= 0.6 is 0 Å². The van der Waals surface area contributed by atoms with Gasteiger partial charge in [-0.25, -0.2) is 0 Å². The smallest absolute Gasteiger partial charge is 0.0613 e. The van der Waals surface area contributed by atoms with Crippen LogP contribution in [-0.2, 0) is 6.54 Å². The third kappa shape index (κ3) is 1.96. The number of rotatable bonds is 4. The monoisotopic (exact) mass is 230 g/mol. The molecule has 1 aromatic carbocycles. The number of H-pyrrole nitrogens is 1. The van der Waals surface area contributed by atoms with E-state index in [4.69, 9.17) is 0 Å². The van der Waals surface area contributed by atoms with Gasteiger partial charge in [0.2, 0.25) is 0 Å². The Bertz CT molecular complexity index is 508. The first-order chi connectivity index (χ1) is 8.31. The van der Waals surface area contributed by atoms with Crippen molar-refractivity contribution in [2.24, 2.45) is 0 Å². The van der Waals surface area contributed by atoms with Gasteiger partial charge in [0, 0.05) is 23.8 Å². The van der Waals surface area contributed by atoms with Gasteiger partial charge in [0.1, 0.15) is 0 Å². The number of hydrogen-bond donors (Lipinski definition) is 3. The van der Waals surface area contributed by atoms with Gasteiger partial charge in [0.15, 0.2) is 0 Å². The van der Waals surface area contributed by atoms with E-state index >= 15 is 0 Å². The van der Waals surface area contributed by atoms with Gasteiger partial charge in [-0.2, -0.15) is 0 Å². The van der Waals surface area contributed by atoms with Crippen molar-refractivity contribution in [2.75, 3.05) is 6.61 Å². The van der Waals surface area contributed by atoms with Crippen molar-refractivity contribution in [1.29, 1.82) is 0 Å². The van der Waals surface area contributed by atoms with Crippen LogP contribution in [0, 0.1) is 0 Å². The third-order valence-corrected chi connectivity index (χ3v) is 3.90. The minimum atomic E-state index is -0.00923. The number of benzene rings is 1. The van der Waals surface area contributed by atoms with Crippen LogP contribution in [0.25, 0.3) is 10.9 Å². The Morgan fingerprint density at radius 3 is 2.88 bits per heavy atom. The first-order valence-electron chi connectivity index (χ1n) is 6.23. The molecule has 3 rings (SSSR count). The molecule has 1 heterocycles. The normalized spacial score (nSPS) is 18.2. The standard InChI is InChI=1S/C14H18N2O/c17-10-14(5-1-6-14)16-9-11-2-3-12-4-7-15-13(12)8-11/h2-4,7-8,15-17H,1,5-6,9-10H2. The molecule has 0 radical (unpaired) electrons. The maximum Gasteiger partial charge on any atom is 0.0613 e. The Morgan fingerprint density at radius 2 is 2.18 bits per heavy atom. The lowest BCUT2D eigenvalue weighted by molar-refractivity contribution is 0.0872. The van der Waals surface area contributed by atoms with Crippen LogP contribution in [0.3, 0.4) is 0 Å². The second kappa shape index (κ2) is 4.17. The van der Waals surface area contributed by atoms with Crippen LogP contribution in [0.2, 0.25) is 0 Å². The van der Waals surface area contributed by atoms with E-state index in [0.717, 1.165) is 19.4 Å². The zero-order valence-electron chi connectivity index (χ0n) is 9.87. The Morgan fingerprint density at radius 1 is 1.29 bits per heavy atom. The van der Waals surface area contributed by atoms with Crippen LogP contribution < -0.4 is 5.32 Å². The van der Waals surface area contributed by atoms with Crippen LogP contribution in [0.15, 0.2) is 30.5 Å². The third-order valence-electron chi connectivity index (χ3n) is 3.90. The van der Waals surface area contributed by atoms with Gasteiger partial charge in [0.25, 0.3) is 0 Å². The average molecular weight is 230 g/mol. The van der Waals surface area contributed by atoms with Gasteiger partial charge in [-0.15, -0.1) is 0 Å². The van der Waals surface area contributed by atoms with E-state index in [-0.39, 0.29) is 12.1 Å². The maximum absolute atomic E-state index is 9.38. The molecule has 1 fully saturated rings. The predicted octanol–water partition coefficient (Wildman–Crippen LogP) is 2.17. The van der Waals surface area contributed by atoms with E-state index < -0.39 is 0 Å². The van der Waals surface area contributed by atoms with Crippen molar-refractivity contribution < 1.29 is 5.11 Å². The van der Waals surface area contributed by atoms with Crippen molar-refractivity contribution in [3.05, 3.63) is 36.0 Å². The van der Waals surface area contributed by atoms with E-state index in [1.165, 1.54) is 22.9 Å². The highest BCUT2D eigenvalue weighted by Gasteiger charge is 2.35. The molecule has 1 aliphatic carbocycles. The molecule has 1 aliphatic rings. The molecule has 0 spiro atoms. The zero-order valence-corrected chi connectivity index (χ0v) is 9.87. The minimum absolute atomic E-state index is 0.00923. The van der Waals surface area contributed by atoms with Gasteiger partial charge in [0.05, 0.1) is 6.61 Å². The highest BCUT2D eigenvalue weighted by molar-refractivity contribution is 5.79. The Kier molecular flexibility index (Phi) is 2.65. The van der Waals surface area contributed by atoms with Crippen molar-refractivity contribution in [3.63, 3.8) is 0 Å². The average Bonchev–Trinajstić information content (AvgIpc) is 2.75. The summed E-state index contributed by atoms with van der Waals surface area (Å²) in [5, 5.41) is 14.1. The van der Waals surface area contributed by atoms with Gasteiger partial charge < -0.3 is 15.4 Å². The SMILES string of the molecule is OCC1(NCc2ccc3cc[nH]c3c2)CCC1.